The Bertz CT molecular complexity index is 717. The van der Waals surface area contributed by atoms with Gasteiger partial charge < -0.3 is 21.9 Å². The van der Waals surface area contributed by atoms with Gasteiger partial charge in [-0.05, 0) is 37.1 Å². The lowest BCUT2D eigenvalue weighted by Crippen LogP contribution is -2.33. The van der Waals surface area contributed by atoms with Crippen LogP contribution < -0.4 is 21.8 Å². The van der Waals surface area contributed by atoms with Crippen molar-refractivity contribution in [3.63, 3.8) is 0 Å². The van der Waals surface area contributed by atoms with Crippen molar-refractivity contribution >= 4 is 24.2 Å². The first-order valence-electron chi connectivity index (χ1n) is 7.71. The third kappa shape index (κ3) is 6.62. The summed E-state index contributed by atoms with van der Waals surface area (Å²) in [6.45, 7) is 1.77. The number of hydrogen-bond donors (Lipinski definition) is 4. The van der Waals surface area contributed by atoms with Crippen molar-refractivity contribution in [2.24, 2.45) is 16.6 Å². The first-order chi connectivity index (χ1) is 12.6. The maximum Gasteiger partial charge on any atom is 0.405 e. The van der Waals surface area contributed by atoms with Crippen molar-refractivity contribution < 1.29 is 27.9 Å². The highest BCUT2D eigenvalue weighted by Gasteiger charge is 2.28. The number of allylic oxidation sites excluding steroid dienone is 1. The van der Waals surface area contributed by atoms with Crippen LogP contribution in [0.3, 0.4) is 0 Å². The Balaban J connectivity index is 3.08. The molecule has 0 saturated carbocycles. The minimum absolute atomic E-state index is 0.00391. The molecule has 0 aliphatic carbocycles. The lowest BCUT2D eigenvalue weighted by atomic mass is 10.1. The molecule has 0 spiro atoms. The van der Waals surface area contributed by atoms with Crippen molar-refractivity contribution in [2.45, 2.75) is 19.0 Å². The molecule has 0 aromatic heterocycles. The largest absolute Gasteiger partial charge is 0.405 e. The van der Waals surface area contributed by atoms with Gasteiger partial charge in [0.1, 0.15) is 12.2 Å². The number of carbonyl (C=O) groups excluding carboxylic acids is 2. The minimum Gasteiger partial charge on any atom is -0.396 e. The number of halogens is 3. The van der Waals surface area contributed by atoms with Crippen LogP contribution >= 0.6 is 0 Å². The molecular formula is C16H20F3N5O3. The van der Waals surface area contributed by atoms with Gasteiger partial charge in [0.2, 0.25) is 0 Å². The first-order valence-corrected chi connectivity index (χ1v) is 7.71. The standard InChI is InChI=1S/C16H20F3N5O3/c1-22-24(12(3-2-8-25)13(20)14(21)26)11-6-4-10(5-7-11)15(27)23-9-16(17,18)19/h4-7,25H,1-3,8-9,20H2,(H2,21,26)(H,23,27)/b13-12-. The first kappa shape index (κ1) is 22.0. The van der Waals surface area contributed by atoms with Gasteiger partial charge in [0.15, 0.2) is 0 Å². The number of hydrogen-bond acceptors (Lipinski definition) is 6. The van der Waals surface area contributed by atoms with Gasteiger partial charge in [0, 0.05) is 18.9 Å². The third-order valence-electron chi connectivity index (χ3n) is 3.37. The molecule has 0 unspecified atom stereocenters. The average molecular weight is 387 g/mol. The van der Waals surface area contributed by atoms with Crippen molar-refractivity contribution in [2.75, 3.05) is 18.2 Å². The summed E-state index contributed by atoms with van der Waals surface area (Å²) in [6.07, 6.45) is -4.08. The van der Waals surface area contributed by atoms with Crippen LogP contribution in [0.2, 0.25) is 0 Å². The van der Waals surface area contributed by atoms with Crippen molar-refractivity contribution in [3.8, 4) is 0 Å². The number of nitrogens with zero attached hydrogens (tertiary/aromatic N) is 2. The molecule has 0 aliphatic heterocycles. The van der Waals surface area contributed by atoms with Gasteiger partial charge in [-0.15, -0.1) is 0 Å². The molecule has 11 heteroatoms. The van der Waals surface area contributed by atoms with Crippen molar-refractivity contribution in [3.05, 3.63) is 41.2 Å². The maximum absolute atomic E-state index is 12.2. The number of aliphatic hydroxyl groups is 1. The van der Waals surface area contributed by atoms with Gasteiger partial charge in [-0.1, -0.05) is 0 Å². The van der Waals surface area contributed by atoms with E-state index in [4.69, 9.17) is 16.6 Å². The molecule has 0 saturated heterocycles. The molecule has 1 rings (SSSR count). The molecule has 1 aromatic carbocycles. The summed E-state index contributed by atoms with van der Waals surface area (Å²) in [4.78, 5) is 23.1. The number of nitrogens with one attached hydrogen (secondary N) is 1. The predicted molar refractivity (Wildman–Crippen MR) is 93.6 cm³/mol. The number of alkyl halides is 3. The monoisotopic (exact) mass is 387 g/mol. The topological polar surface area (TPSA) is 134 Å². The van der Waals surface area contributed by atoms with E-state index in [1.54, 1.807) is 5.32 Å². The number of nitrogens with two attached hydrogens (primary N) is 2. The van der Waals surface area contributed by atoms with Gasteiger partial charge in [0.25, 0.3) is 11.8 Å². The third-order valence-corrected chi connectivity index (χ3v) is 3.37. The second kappa shape index (κ2) is 9.57. The lowest BCUT2D eigenvalue weighted by molar-refractivity contribution is -0.123. The Morgan fingerprint density at radius 1 is 1.22 bits per heavy atom. The number of primary amides is 1. The van der Waals surface area contributed by atoms with Crippen LogP contribution in [0.1, 0.15) is 23.2 Å². The van der Waals surface area contributed by atoms with Gasteiger partial charge in [0.05, 0.1) is 11.4 Å². The number of benzene rings is 1. The molecule has 0 aliphatic rings. The molecule has 0 fully saturated rings. The molecule has 0 bridgehead atoms. The smallest absolute Gasteiger partial charge is 0.396 e. The Kier molecular flexibility index (Phi) is 7.79. The predicted octanol–water partition coefficient (Wildman–Crippen LogP) is 0.829. The normalized spacial score (nSPS) is 12.1. The zero-order chi connectivity index (χ0) is 20.6. The quantitative estimate of drug-likeness (QED) is 0.283. The van der Waals surface area contributed by atoms with E-state index in [1.165, 1.54) is 29.3 Å². The summed E-state index contributed by atoms with van der Waals surface area (Å²) in [5.41, 5.74) is 11.1. The summed E-state index contributed by atoms with van der Waals surface area (Å²) >= 11 is 0. The van der Waals surface area contributed by atoms with Crippen molar-refractivity contribution in [1.82, 2.24) is 5.32 Å². The fraction of sp³-hybridized carbons (Fsp3) is 0.312. The van der Waals surface area contributed by atoms with Gasteiger partial charge >= 0.3 is 6.18 Å². The molecule has 148 valence electrons. The van der Waals surface area contributed by atoms with Crippen LogP contribution in [0.5, 0.6) is 0 Å². The van der Waals surface area contributed by atoms with Crippen LogP contribution in [0, 0.1) is 0 Å². The van der Waals surface area contributed by atoms with E-state index in [0.29, 0.717) is 5.69 Å². The molecule has 8 nitrogen and oxygen atoms in total. The second-order valence-electron chi connectivity index (χ2n) is 5.35. The van der Waals surface area contributed by atoms with Crippen LogP contribution in [-0.2, 0) is 4.79 Å². The maximum atomic E-state index is 12.2. The Hall–Kier alpha value is -3.08. The number of hydrazone groups is 1. The highest BCUT2D eigenvalue weighted by molar-refractivity contribution is 5.95. The molecule has 0 atom stereocenters. The van der Waals surface area contributed by atoms with E-state index in [2.05, 4.69) is 11.8 Å². The Labute approximate surface area is 153 Å². The average Bonchev–Trinajstić information content (AvgIpc) is 2.62. The van der Waals surface area contributed by atoms with Crippen LogP contribution in [0.15, 0.2) is 40.8 Å². The summed E-state index contributed by atoms with van der Waals surface area (Å²) in [5.74, 6) is -1.79. The van der Waals surface area contributed by atoms with E-state index >= 15 is 0 Å². The summed E-state index contributed by atoms with van der Waals surface area (Å²) in [7, 11) is 0. The molecule has 0 heterocycles. The van der Waals surface area contributed by atoms with E-state index in [1.807, 2.05) is 0 Å². The molecular weight excluding hydrogens is 367 g/mol. The summed E-state index contributed by atoms with van der Waals surface area (Å²) in [5, 5.41) is 15.7. The van der Waals surface area contributed by atoms with E-state index in [0.717, 1.165) is 0 Å². The van der Waals surface area contributed by atoms with Gasteiger partial charge in [-0.3, -0.25) is 9.59 Å². The Morgan fingerprint density at radius 2 is 1.81 bits per heavy atom. The highest BCUT2D eigenvalue weighted by atomic mass is 19.4. The molecule has 0 radical (unpaired) electrons. The fourth-order valence-electron chi connectivity index (χ4n) is 2.10. The van der Waals surface area contributed by atoms with Gasteiger partial charge in [-0.25, -0.2) is 5.01 Å². The number of anilines is 1. The van der Waals surface area contributed by atoms with Crippen LogP contribution in [-0.4, -0.2) is 43.0 Å². The van der Waals surface area contributed by atoms with E-state index in [-0.39, 0.29) is 36.4 Å². The molecule has 6 N–H and O–H groups in total. The van der Waals surface area contributed by atoms with Crippen molar-refractivity contribution in [1.29, 1.82) is 0 Å². The number of rotatable bonds is 9. The number of aliphatic hydroxyl groups excluding tert-OH is 1. The molecule has 1 aromatic rings. The number of amides is 2. The number of carbonyl (C=O) groups is 2. The minimum atomic E-state index is -4.52. The SMILES string of the molecule is C=NN(/C(CCCO)=C(\N)C(N)=O)c1ccc(C(=O)NCC(F)(F)F)cc1. The van der Waals surface area contributed by atoms with Crippen LogP contribution in [0.4, 0.5) is 18.9 Å². The highest BCUT2D eigenvalue weighted by Crippen LogP contribution is 2.24. The van der Waals surface area contributed by atoms with Gasteiger partial charge in [-0.2, -0.15) is 18.3 Å². The van der Waals surface area contributed by atoms with Crippen LogP contribution in [0.25, 0.3) is 0 Å². The van der Waals surface area contributed by atoms with E-state index < -0.39 is 24.5 Å². The molecule has 2 amide bonds. The summed E-state index contributed by atoms with van der Waals surface area (Å²) in [6, 6.07) is 5.35. The fourth-order valence-corrected chi connectivity index (χ4v) is 2.10. The summed E-state index contributed by atoms with van der Waals surface area (Å²) < 4.78 is 36.5. The zero-order valence-corrected chi connectivity index (χ0v) is 14.3. The molecule has 27 heavy (non-hydrogen) atoms. The Morgan fingerprint density at radius 3 is 2.26 bits per heavy atom. The second-order valence-corrected chi connectivity index (χ2v) is 5.35. The lowest BCUT2D eigenvalue weighted by Gasteiger charge is -2.23. The van der Waals surface area contributed by atoms with E-state index in [9.17, 15) is 22.8 Å². The zero-order valence-electron chi connectivity index (χ0n) is 14.3.